The molecule has 0 aromatic carbocycles. The number of halogens is 1. The zero-order valence-corrected chi connectivity index (χ0v) is 16.9. The van der Waals surface area contributed by atoms with Crippen LogP contribution in [0.4, 0.5) is 0 Å². The molecule has 3 aliphatic carbocycles. The third-order valence-corrected chi connectivity index (χ3v) is 5.69. The van der Waals surface area contributed by atoms with Crippen LogP contribution < -0.4 is 10.6 Å². The molecule has 4 nitrogen and oxygen atoms in total. The Bertz CT molecular complexity index is 374. The van der Waals surface area contributed by atoms with Crippen molar-refractivity contribution in [3.63, 3.8) is 0 Å². The molecular formula is C18H34IN3O. The molecule has 0 radical (unpaired) electrons. The van der Waals surface area contributed by atoms with E-state index in [1.807, 2.05) is 7.05 Å². The lowest BCUT2D eigenvalue weighted by molar-refractivity contribution is 0.0277. The number of aliphatic imine (C=N–C) groups is 1. The Labute approximate surface area is 158 Å². The van der Waals surface area contributed by atoms with Crippen molar-refractivity contribution in [2.75, 3.05) is 26.7 Å². The first-order chi connectivity index (χ1) is 10.8. The van der Waals surface area contributed by atoms with Gasteiger partial charge < -0.3 is 15.4 Å². The van der Waals surface area contributed by atoms with Crippen molar-refractivity contribution < 1.29 is 4.74 Å². The van der Waals surface area contributed by atoms with Crippen LogP contribution in [-0.4, -0.2) is 38.8 Å². The largest absolute Gasteiger partial charge is 0.378 e. The average Bonchev–Trinajstić information content (AvgIpc) is 3.44. The second kappa shape index (κ2) is 9.44. The van der Waals surface area contributed by atoms with Crippen LogP contribution in [-0.2, 0) is 4.74 Å². The highest BCUT2D eigenvalue weighted by atomic mass is 127. The maximum absolute atomic E-state index is 5.96. The quantitative estimate of drug-likeness (QED) is 0.265. The molecular weight excluding hydrogens is 401 g/mol. The number of hydrogen-bond donors (Lipinski definition) is 2. The Morgan fingerprint density at radius 2 is 1.83 bits per heavy atom. The minimum atomic E-state index is 0. The van der Waals surface area contributed by atoms with Crippen LogP contribution in [0.15, 0.2) is 4.99 Å². The molecule has 0 aromatic rings. The molecule has 0 unspecified atom stereocenters. The molecule has 5 heteroatoms. The minimum absolute atomic E-state index is 0. The molecule has 0 saturated heterocycles. The highest BCUT2D eigenvalue weighted by Crippen LogP contribution is 2.60. The molecule has 0 atom stereocenters. The first-order valence-electron chi connectivity index (χ1n) is 9.38. The van der Waals surface area contributed by atoms with Gasteiger partial charge in [-0.05, 0) is 56.3 Å². The smallest absolute Gasteiger partial charge is 0.190 e. The lowest BCUT2D eigenvalue weighted by Gasteiger charge is -2.22. The van der Waals surface area contributed by atoms with E-state index in [0.29, 0.717) is 11.5 Å². The first kappa shape index (κ1) is 19.3. The highest BCUT2D eigenvalue weighted by molar-refractivity contribution is 14.0. The molecule has 3 saturated carbocycles. The van der Waals surface area contributed by atoms with Crippen LogP contribution >= 0.6 is 24.0 Å². The maximum Gasteiger partial charge on any atom is 0.190 e. The zero-order chi connectivity index (χ0) is 15.3. The lowest BCUT2D eigenvalue weighted by atomic mass is 9.98. The number of nitrogens with one attached hydrogen (secondary N) is 2. The number of rotatable bonds is 8. The molecule has 0 aromatic heterocycles. The van der Waals surface area contributed by atoms with E-state index < -0.39 is 0 Å². The Morgan fingerprint density at radius 1 is 1.09 bits per heavy atom. The van der Waals surface area contributed by atoms with Crippen molar-refractivity contribution >= 4 is 29.9 Å². The van der Waals surface area contributed by atoms with E-state index in [1.54, 1.807) is 0 Å². The summed E-state index contributed by atoms with van der Waals surface area (Å²) in [7, 11) is 1.87. The molecule has 0 heterocycles. The molecule has 3 aliphatic rings. The Kier molecular flexibility index (Phi) is 7.92. The summed E-state index contributed by atoms with van der Waals surface area (Å²) in [5.74, 6) is 1.96. The normalized spacial score (nSPS) is 24.0. The fraction of sp³-hybridized carbons (Fsp3) is 0.944. The summed E-state index contributed by atoms with van der Waals surface area (Å²) in [6, 6.07) is 0. The van der Waals surface area contributed by atoms with E-state index in [9.17, 15) is 0 Å². The molecule has 23 heavy (non-hydrogen) atoms. The van der Waals surface area contributed by atoms with Gasteiger partial charge in [-0.25, -0.2) is 0 Å². The van der Waals surface area contributed by atoms with Gasteiger partial charge in [-0.1, -0.05) is 19.3 Å². The van der Waals surface area contributed by atoms with Crippen LogP contribution in [0.1, 0.15) is 64.2 Å². The van der Waals surface area contributed by atoms with E-state index >= 15 is 0 Å². The molecule has 3 fully saturated rings. The monoisotopic (exact) mass is 435 g/mol. The van der Waals surface area contributed by atoms with Crippen molar-refractivity contribution in [1.29, 1.82) is 0 Å². The third-order valence-electron chi connectivity index (χ3n) is 5.69. The zero-order valence-electron chi connectivity index (χ0n) is 14.6. The third kappa shape index (κ3) is 6.07. The van der Waals surface area contributed by atoms with Gasteiger partial charge in [-0.2, -0.15) is 0 Å². The van der Waals surface area contributed by atoms with Gasteiger partial charge in [-0.15, -0.1) is 24.0 Å². The molecule has 0 bridgehead atoms. The van der Waals surface area contributed by atoms with Crippen molar-refractivity contribution in [3.8, 4) is 0 Å². The van der Waals surface area contributed by atoms with Crippen molar-refractivity contribution in [1.82, 2.24) is 10.6 Å². The summed E-state index contributed by atoms with van der Waals surface area (Å²) in [5, 5.41) is 6.96. The molecule has 0 aliphatic heterocycles. The molecule has 134 valence electrons. The van der Waals surface area contributed by atoms with Crippen LogP contribution in [0.3, 0.4) is 0 Å². The topological polar surface area (TPSA) is 45.7 Å². The van der Waals surface area contributed by atoms with Gasteiger partial charge in [0.15, 0.2) is 5.96 Å². The van der Waals surface area contributed by atoms with Crippen molar-refractivity contribution in [3.05, 3.63) is 0 Å². The van der Waals surface area contributed by atoms with E-state index in [2.05, 4.69) is 15.6 Å². The molecule has 3 rings (SSSR count). The number of guanidine groups is 1. The lowest BCUT2D eigenvalue weighted by Crippen LogP contribution is -2.41. The van der Waals surface area contributed by atoms with Crippen LogP contribution in [0, 0.1) is 11.3 Å². The van der Waals surface area contributed by atoms with Crippen molar-refractivity contribution in [2.45, 2.75) is 70.3 Å². The summed E-state index contributed by atoms with van der Waals surface area (Å²) in [6.07, 6.45) is 13.9. The van der Waals surface area contributed by atoms with E-state index in [4.69, 9.17) is 4.74 Å². The molecule has 0 amide bonds. The van der Waals surface area contributed by atoms with E-state index in [1.165, 1.54) is 57.8 Å². The van der Waals surface area contributed by atoms with Crippen molar-refractivity contribution in [2.24, 2.45) is 16.3 Å². The van der Waals surface area contributed by atoms with Crippen LogP contribution in [0.25, 0.3) is 0 Å². The second-order valence-electron chi connectivity index (χ2n) is 7.47. The first-order valence-corrected chi connectivity index (χ1v) is 9.38. The van der Waals surface area contributed by atoms with Gasteiger partial charge in [-0.3, -0.25) is 4.99 Å². The second-order valence-corrected chi connectivity index (χ2v) is 7.47. The fourth-order valence-electron chi connectivity index (χ4n) is 3.83. The van der Waals surface area contributed by atoms with Gasteiger partial charge in [0.2, 0.25) is 0 Å². The number of hydrogen-bond acceptors (Lipinski definition) is 2. The average molecular weight is 435 g/mol. The standard InChI is InChI=1S/C18H33N3O.HI/c1-19-17(21-14-18(10-11-18)15-8-9-15)20-12-5-13-22-16-6-3-2-4-7-16;/h15-16H,2-14H2,1H3,(H2,19,20,21);1H. The summed E-state index contributed by atoms with van der Waals surface area (Å²) in [6.45, 7) is 2.93. The van der Waals surface area contributed by atoms with Gasteiger partial charge in [0, 0.05) is 26.7 Å². The molecule has 2 N–H and O–H groups in total. The number of ether oxygens (including phenoxy) is 1. The summed E-state index contributed by atoms with van der Waals surface area (Å²) in [4.78, 5) is 4.34. The van der Waals surface area contributed by atoms with Gasteiger partial charge in [0.1, 0.15) is 0 Å². The van der Waals surface area contributed by atoms with Gasteiger partial charge in [0.25, 0.3) is 0 Å². The fourth-order valence-corrected chi connectivity index (χ4v) is 3.83. The Morgan fingerprint density at radius 3 is 2.43 bits per heavy atom. The summed E-state index contributed by atoms with van der Waals surface area (Å²) in [5.41, 5.74) is 0.627. The predicted octanol–water partition coefficient (Wildman–Crippen LogP) is 3.70. The SMILES string of the molecule is CN=C(NCCCOC1CCCCC1)NCC1(C2CC2)CC1.I. The van der Waals surface area contributed by atoms with Crippen LogP contribution in [0.2, 0.25) is 0 Å². The minimum Gasteiger partial charge on any atom is -0.378 e. The molecule has 0 spiro atoms. The van der Waals surface area contributed by atoms with Gasteiger partial charge >= 0.3 is 0 Å². The Balaban J connectivity index is 0.00000192. The van der Waals surface area contributed by atoms with Crippen LogP contribution in [0.5, 0.6) is 0 Å². The van der Waals surface area contributed by atoms with E-state index in [0.717, 1.165) is 38.0 Å². The van der Waals surface area contributed by atoms with Gasteiger partial charge in [0.05, 0.1) is 6.10 Å². The number of nitrogens with zero attached hydrogens (tertiary/aromatic N) is 1. The van der Waals surface area contributed by atoms with E-state index in [-0.39, 0.29) is 24.0 Å². The highest BCUT2D eigenvalue weighted by Gasteiger charge is 2.53. The summed E-state index contributed by atoms with van der Waals surface area (Å²) < 4.78 is 5.96. The maximum atomic E-state index is 5.96. The summed E-state index contributed by atoms with van der Waals surface area (Å²) >= 11 is 0. The Hall–Kier alpha value is -0.0400. The predicted molar refractivity (Wildman–Crippen MR) is 107 cm³/mol.